The summed E-state index contributed by atoms with van der Waals surface area (Å²) in [5, 5.41) is 8.86. The molecule has 2 nitrogen and oxygen atoms in total. The maximum atomic E-state index is 8.86. The van der Waals surface area contributed by atoms with E-state index in [1.165, 1.54) is 31.4 Å². The average molecular weight is 212 g/mol. The SMILES string of the molecule is N#Cc1cccc(CN2CCCC3CC32)c1. The number of nitriles is 1. The zero-order valence-electron chi connectivity index (χ0n) is 9.39. The van der Waals surface area contributed by atoms with Crippen molar-refractivity contribution >= 4 is 0 Å². The Kier molecular flexibility index (Phi) is 2.41. The second-order valence-corrected chi connectivity index (χ2v) is 4.99. The van der Waals surface area contributed by atoms with Gasteiger partial charge in [-0.3, -0.25) is 4.90 Å². The topological polar surface area (TPSA) is 27.0 Å². The molecule has 1 aromatic rings. The molecular formula is C14H16N2. The average Bonchev–Trinajstić information content (AvgIpc) is 3.10. The van der Waals surface area contributed by atoms with Crippen molar-refractivity contribution in [2.75, 3.05) is 6.54 Å². The molecular weight excluding hydrogens is 196 g/mol. The fourth-order valence-electron chi connectivity index (χ4n) is 2.88. The molecule has 2 atom stereocenters. The molecule has 16 heavy (non-hydrogen) atoms. The standard InChI is InChI=1S/C14H16N2/c15-9-11-3-1-4-12(7-11)10-16-6-2-5-13-8-14(13)16/h1,3-4,7,13-14H,2,5-6,8,10H2. The monoisotopic (exact) mass is 212 g/mol. The third kappa shape index (κ3) is 1.83. The largest absolute Gasteiger partial charge is 0.296 e. The van der Waals surface area contributed by atoms with Crippen molar-refractivity contribution in [2.24, 2.45) is 5.92 Å². The van der Waals surface area contributed by atoms with Crippen molar-refractivity contribution in [1.82, 2.24) is 4.90 Å². The molecule has 1 aliphatic heterocycles. The van der Waals surface area contributed by atoms with Crippen molar-refractivity contribution in [3.63, 3.8) is 0 Å². The van der Waals surface area contributed by atoms with Crippen LogP contribution >= 0.6 is 0 Å². The lowest BCUT2D eigenvalue weighted by molar-refractivity contribution is 0.207. The van der Waals surface area contributed by atoms with E-state index in [1.54, 1.807) is 0 Å². The summed E-state index contributed by atoms with van der Waals surface area (Å²) < 4.78 is 0. The first-order chi connectivity index (χ1) is 7.86. The summed E-state index contributed by atoms with van der Waals surface area (Å²) in [7, 11) is 0. The summed E-state index contributed by atoms with van der Waals surface area (Å²) in [5.41, 5.74) is 2.06. The van der Waals surface area contributed by atoms with Crippen LogP contribution in [0.5, 0.6) is 0 Å². The van der Waals surface area contributed by atoms with Crippen LogP contribution in [0.25, 0.3) is 0 Å². The van der Waals surface area contributed by atoms with E-state index in [0.29, 0.717) is 0 Å². The summed E-state index contributed by atoms with van der Waals surface area (Å²) in [6.07, 6.45) is 4.18. The molecule has 0 bridgehead atoms. The number of fused-ring (bicyclic) bond motifs is 1. The number of likely N-dealkylation sites (tertiary alicyclic amines) is 1. The van der Waals surface area contributed by atoms with Gasteiger partial charge >= 0.3 is 0 Å². The summed E-state index contributed by atoms with van der Waals surface area (Å²) >= 11 is 0. The van der Waals surface area contributed by atoms with Gasteiger partial charge in [-0.25, -0.2) is 0 Å². The predicted octanol–water partition coefficient (Wildman–Crippen LogP) is 2.54. The highest BCUT2D eigenvalue weighted by atomic mass is 15.2. The third-order valence-electron chi connectivity index (χ3n) is 3.82. The molecule has 0 radical (unpaired) electrons. The van der Waals surface area contributed by atoms with Gasteiger partial charge < -0.3 is 0 Å². The van der Waals surface area contributed by atoms with Crippen molar-refractivity contribution in [2.45, 2.75) is 31.8 Å². The molecule has 0 aromatic heterocycles. The summed E-state index contributed by atoms with van der Waals surface area (Å²) in [6, 6.07) is 11.1. The Balaban J connectivity index is 1.71. The lowest BCUT2D eigenvalue weighted by Crippen LogP contribution is -2.31. The van der Waals surface area contributed by atoms with Gasteiger partial charge in [-0.2, -0.15) is 5.26 Å². The number of hydrogen-bond acceptors (Lipinski definition) is 2. The zero-order valence-corrected chi connectivity index (χ0v) is 9.39. The predicted molar refractivity (Wildman–Crippen MR) is 62.7 cm³/mol. The lowest BCUT2D eigenvalue weighted by atomic mass is 10.1. The third-order valence-corrected chi connectivity index (χ3v) is 3.82. The van der Waals surface area contributed by atoms with E-state index in [0.717, 1.165) is 24.1 Å². The molecule has 0 N–H and O–H groups in total. The van der Waals surface area contributed by atoms with Gasteiger partial charge in [-0.15, -0.1) is 0 Å². The Morgan fingerprint density at radius 2 is 2.38 bits per heavy atom. The second-order valence-electron chi connectivity index (χ2n) is 4.99. The quantitative estimate of drug-likeness (QED) is 0.753. The lowest BCUT2D eigenvalue weighted by Gasteiger charge is -2.26. The molecule has 1 aliphatic carbocycles. The Morgan fingerprint density at radius 3 is 3.25 bits per heavy atom. The number of nitrogens with zero attached hydrogens (tertiary/aromatic N) is 2. The van der Waals surface area contributed by atoms with E-state index in [2.05, 4.69) is 17.0 Å². The number of rotatable bonds is 2. The minimum absolute atomic E-state index is 0.779. The number of benzene rings is 1. The Bertz CT molecular complexity index is 433. The summed E-state index contributed by atoms with van der Waals surface area (Å²) in [6.45, 7) is 2.26. The van der Waals surface area contributed by atoms with Crippen molar-refractivity contribution in [1.29, 1.82) is 5.26 Å². The Hall–Kier alpha value is -1.33. The molecule has 2 fully saturated rings. The highest BCUT2D eigenvalue weighted by Crippen LogP contribution is 2.43. The molecule has 1 saturated carbocycles. The van der Waals surface area contributed by atoms with Crippen LogP contribution in [0.2, 0.25) is 0 Å². The van der Waals surface area contributed by atoms with Crippen LogP contribution in [0.4, 0.5) is 0 Å². The smallest absolute Gasteiger partial charge is 0.0991 e. The molecule has 82 valence electrons. The van der Waals surface area contributed by atoms with E-state index in [9.17, 15) is 0 Å². The van der Waals surface area contributed by atoms with Crippen LogP contribution in [0.15, 0.2) is 24.3 Å². The van der Waals surface area contributed by atoms with Gasteiger partial charge in [0.05, 0.1) is 11.6 Å². The molecule has 0 spiro atoms. The summed E-state index contributed by atoms with van der Waals surface area (Å²) in [4.78, 5) is 2.59. The van der Waals surface area contributed by atoms with E-state index in [1.807, 2.05) is 18.2 Å². The van der Waals surface area contributed by atoms with Crippen molar-refractivity contribution < 1.29 is 0 Å². The fraction of sp³-hybridized carbons (Fsp3) is 0.500. The minimum Gasteiger partial charge on any atom is -0.296 e. The normalized spacial score (nSPS) is 28.2. The van der Waals surface area contributed by atoms with Crippen LogP contribution < -0.4 is 0 Å². The maximum Gasteiger partial charge on any atom is 0.0991 e. The zero-order chi connectivity index (χ0) is 11.0. The molecule has 1 saturated heterocycles. The highest BCUT2D eigenvalue weighted by molar-refractivity contribution is 5.32. The minimum atomic E-state index is 0.779. The van der Waals surface area contributed by atoms with E-state index < -0.39 is 0 Å². The van der Waals surface area contributed by atoms with Crippen molar-refractivity contribution in [3.8, 4) is 6.07 Å². The van der Waals surface area contributed by atoms with Gasteiger partial charge in [0, 0.05) is 12.6 Å². The maximum absolute atomic E-state index is 8.86. The van der Waals surface area contributed by atoms with E-state index in [4.69, 9.17) is 5.26 Å². The molecule has 3 rings (SSSR count). The van der Waals surface area contributed by atoms with E-state index >= 15 is 0 Å². The van der Waals surface area contributed by atoms with Gasteiger partial charge in [-0.1, -0.05) is 12.1 Å². The van der Waals surface area contributed by atoms with Crippen LogP contribution in [0.3, 0.4) is 0 Å². The molecule has 2 unspecified atom stereocenters. The van der Waals surface area contributed by atoms with Crippen molar-refractivity contribution in [3.05, 3.63) is 35.4 Å². The van der Waals surface area contributed by atoms with E-state index in [-0.39, 0.29) is 0 Å². The molecule has 0 amide bonds. The molecule has 2 heteroatoms. The first-order valence-electron chi connectivity index (χ1n) is 6.10. The van der Waals surface area contributed by atoms with Crippen LogP contribution in [0.1, 0.15) is 30.4 Å². The number of hydrogen-bond donors (Lipinski definition) is 0. The van der Waals surface area contributed by atoms with Gasteiger partial charge in [-0.05, 0) is 49.4 Å². The molecule has 1 aromatic carbocycles. The first kappa shape index (κ1) is 9.86. The first-order valence-corrected chi connectivity index (χ1v) is 6.10. The fourth-order valence-corrected chi connectivity index (χ4v) is 2.88. The number of piperidine rings is 1. The highest BCUT2D eigenvalue weighted by Gasteiger charge is 2.43. The molecule has 2 aliphatic rings. The van der Waals surface area contributed by atoms with Gasteiger partial charge in [0.2, 0.25) is 0 Å². The second kappa shape index (κ2) is 3.92. The van der Waals surface area contributed by atoms with Crippen LogP contribution in [-0.4, -0.2) is 17.5 Å². The molecule has 1 heterocycles. The van der Waals surface area contributed by atoms with Gasteiger partial charge in [0.25, 0.3) is 0 Å². The Morgan fingerprint density at radius 1 is 1.44 bits per heavy atom. The Labute approximate surface area is 96.5 Å². The van der Waals surface area contributed by atoms with Gasteiger partial charge in [0.1, 0.15) is 0 Å². The van der Waals surface area contributed by atoms with Gasteiger partial charge in [0.15, 0.2) is 0 Å². The van der Waals surface area contributed by atoms with Crippen LogP contribution in [0, 0.1) is 17.2 Å². The summed E-state index contributed by atoms with van der Waals surface area (Å²) in [5.74, 6) is 0.980. The van der Waals surface area contributed by atoms with Crippen LogP contribution in [-0.2, 0) is 6.54 Å².